The Balaban J connectivity index is 0.00000107. The molecule has 78 heavy (non-hydrogen) atoms. The number of halogens is 3. The number of carbonyl (C=O) groups is 8. The van der Waals surface area contributed by atoms with Crippen molar-refractivity contribution in [2.45, 2.75) is 142 Å². The number of nitrogens with one attached hydrogen (secondary N) is 3. The van der Waals surface area contributed by atoms with Crippen LogP contribution in [0.1, 0.15) is 99.1 Å². The maximum Gasteiger partial charge on any atom is 1.00 e. The predicted molar refractivity (Wildman–Crippen MR) is 291 cm³/mol. The predicted octanol–water partition coefficient (Wildman–Crippen LogP) is 2.76. The minimum absolute atomic E-state index is 0. The number of rotatable bonds is 7. The number of likely N-dealkylation sites (tertiary alicyclic amines) is 2. The van der Waals surface area contributed by atoms with Gasteiger partial charge < -0.3 is 57.4 Å². The molecule has 3 N–H and O–H groups in total. The number of morpholine rings is 2. The number of ketones is 1. The molecule has 4 aliphatic rings. The van der Waals surface area contributed by atoms with E-state index in [0.29, 0.717) is 65.3 Å². The average Bonchev–Trinajstić information content (AvgIpc) is 3.37. The molecule has 4 heterocycles. The van der Waals surface area contributed by atoms with Gasteiger partial charge >= 0.3 is 53.7 Å². The van der Waals surface area contributed by atoms with Crippen LogP contribution in [0.15, 0.2) is 48.5 Å². The van der Waals surface area contributed by atoms with Gasteiger partial charge in [-0.2, -0.15) is 0 Å². The number of hydrogen-bond acceptors (Lipinski definition) is 17. The molecule has 4 atom stereocenters. The Morgan fingerprint density at radius 3 is 1.46 bits per heavy atom. The van der Waals surface area contributed by atoms with Crippen LogP contribution >= 0.6 is 35.6 Å². The molecular formula is C52H78BCl3N6NaO15. The van der Waals surface area contributed by atoms with Crippen LogP contribution in [0.5, 0.6) is 0 Å². The molecule has 0 aromatic heterocycles. The van der Waals surface area contributed by atoms with Crippen LogP contribution in [0, 0.1) is 0 Å². The van der Waals surface area contributed by atoms with E-state index in [4.69, 9.17) is 42.1 Å². The van der Waals surface area contributed by atoms with Crippen molar-refractivity contribution in [1.82, 2.24) is 30.7 Å². The van der Waals surface area contributed by atoms with E-state index in [2.05, 4.69) is 43.3 Å². The zero-order valence-corrected chi connectivity index (χ0v) is 51.4. The molecular weight excluding hydrogens is 1090 g/mol. The molecule has 21 nitrogen and oxygen atoms in total. The summed E-state index contributed by atoms with van der Waals surface area (Å²) in [5, 5.41) is 10.1. The largest absolute Gasteiger partial charge is 1.00 e. The number of hydrogen-bond donors (Lipinski definition) is 3. The van der Waals surface area contributed by atoms with E-state index in [1.165, 1.54) is 18.1 Å². The van der Waals surface area contributed by atoms with E-state index in [0.717, 1.165) is 49.6 Å². The van der Waals surface area contributed by atoms with Gasteiger partial charge in [-0.1, -0.05) is 47.5 Å². The van der Waals surface area contributed by atoms with Gasteiger partial charge in [-0.05, 0) is 103 Å². The standard InChI is InChI=1S/C23H34ClN3O4.C13H17ClN2O2.C10H17NO3.C4H6O4.C2H3BO2.ClH.Na/c1-23(2,3)31-22(29)26-11-9-18(10-12-26)27-14-20(21(28)25-4)30-15-19(27)13-16-5-7-17(24)8-6-16;1-15-13(17)12-7-16-11(8-18-12)6-9-2-4-10(14)5-3-9;1-10(2,3)14-9(13)11-6-4-8(12)5-7-11;1-3(5)7-8-4(2)6;1-2(4)5-3;;/h5-8,18-20H,9-15H2,1-4H3,(H,25,28);2-5,11-12,16H,6-8H2,1H3,(H,15,17);4-7H2,1-3H3;1-2H3;1H3;1H;/q;;;;-1;;+1/t19?,20-;11?,12-;;;;;/m11...../s1. The van der Waals surface area contributed by atoms with Crippen molar-refractivity contribution in [3.05, 3.63) is 69.7 Å². The topological polar surface area (TPSA) is 247 Å². The molecule has 6 rings (SSSR count). The SMILES string of the molecule is CC(=O)OOC(C)=O.CC(C)(C)OC(=O)N1CCC(=O)CC1.CNC(=O)[C@H]1CN(C2CCN(C(=O)OC(C)(C)C)CC2)C(Cc2ccc(Cl)cc2)CO1.CNC(=O)[C@H]1CNC(Cc2ccc(Cl)cc2)CO1.Cl.[B-]OC(C)=O.[Na+]. The second-order valence-electron chi connectivity index (χ2n) is 20.0. The van der Waals surface area contributed by atoms with Gasteiger partial charge in [0.2, 0.25) is 17.8 Å². The molecule has 2 aromatic rings. The van der Waals surface area contributed by atoms with Crippen LogP contribution in [-0.4, -0.2) is 179 Å². The van der Waals surface area contributed by atoms with Crippen molar-refractivity contribution in [2.75, 3.05) is 66.6 Å². The third kappa shape index (κ3) is 31.0. The quantitative estimate of drug-likeness (QED) is 0.205. The minimum Gasteiger partial charge on any atom is -0.793 e. The first-order chi connectivity index (χ1) is 35.6. The Bertz CT molecular complexity index is 2150. The summed E-state index contributed by atoms with van der Waals surface area (Å²) >= 11 is 11.9. The van der Waals surface area contributed by atoms with Crippen LogP contribution in [-0.2, 0) is 75.0 Å². The first-order valence-corrected chi connectivity index (χ1v) is 25.7. The van der Waals surface area contributed by atoms with Crippen LogP contribution < -0.4 is 45.5 Å². The first kappa shape index (κ1) is 73.8. The van der Waals surface area contributed by atoms with Gasteiger partial charge in [0.1, 0.15) is 29.2 Å². The Kier molecular flexibility index (Phi) is 35.6. The zero-order valence-electron chi connectivity index (χ0n) is 47.1. The van der Waals surface area contributed by atoms with Crippen LogP contribution in [0.4, 0.5) is 9.59 Å². The molecule has 26 heteroatoms. The fourth-order valence-corrected chi connectivity index (χ4v) is 7.88. The van der Waals surface area contributed by atoms with Crippen molar-refractivity contribution >= 4 is 91.4 Å². The molecule has 3 radical (unpaired) electrons. The van der Waals surface area contributed by atoms with Gasteiger partial charge in [-0.3, -0.25) is 24.1 Å². The maximum atomic E-state index is 12.4. The second kappa shape index (κ2) is 37.7. The van der Waals surface area contributed by atoms with Gasteiger partial charge in [0.05, 0.1) is 13.2 Å². The summed E-state index contributed by atoms with van der Waals surface area (Å²) in [5.74, 6) is -1.69. The molecule has 4 aliphatic heterocycles. The van der Waals surface area contributed by atoms with Crippen molar-refractivity contribution in [3.8, 4) is 0 Å². The molecule has 2 unspecified atom stereocenters. The number of Topliss-reactive ketones (excluding diaryl/α,β-unsaturated/α-hetero) is 1. The van der Waals surface area contributed by atoms with E-state index < -0.39 is 35.2 Å². The molecule has 0 aliphatic carbocycles. The Hall–Kier alpha value is -4.23. The van der Waals surface area contributed by atoms with Crippen LogP contribution in [0.25, 0.3) is 0 Å². The van der Waals surface area contributed by atoms with Crippen molar-refractivity contribution < 1.29 is 101 Å². The van der Waals surface area contributed by atoms with E-state index in [9.17, 15) is 38.4 Å². The number of ether oxygens (including phenoxy) is 4. The smallest absolute Gasteiger partial charge is 0.793 e. The summed E-state index contributed by atoms with van der Waals surface area (Å²) < 4.78 is 25.8. The monoisotopic (exact) mass is 1170 g/mol. The van der Waals surface area contributed by atoms with Gasteiger partial charge in [0.15, 0.2) is 0 Å². The summed E-state index contributed by atoms with van der Waals surface area (Å²) in [6.07, 6.45) is 2.87. The number of carbonyl (C=O) groups excluding carboxylic acids is 8. The molecule has 0 saturated carbocycles. The molecule has 4 amide bonds. The molecule has 2 aromatic carbocycles. The summed E-state index contributed by atoms with van der Waals surface area (Å²) in [6.45, 7) is 19.1. The summed E-state index contributed by atoms with van der Waals surface area (Å²) in [4.78, 5) is 101. The van der Waals surface area contributed by atoms with Gasteiger partial charge in [0, 0.05) is 115 Å². The number of benzene rings is 2. The minimum atomic E-state index is -0.639. The fraction of sp³-hybridized carbons (Fsp3) is 0.615. The zero-order chi connectivity index (χ0) is 57.2. The van der Waals surface area contributed by atoms with Crippen LogP contribution in [0.3, 0.4) is 0 Å². The van der Waals surface area contributed by atoms with E-state index in [-0.39, 0.29) is 96.0 Å². The number of amides is 4. The number of piperidine rings is 2. The third-order valence-corrected chi connectivity index (χ3v) is 11.8. The maximum absolute atomic E-state index is 12.4. The summed E-state index contributed by atoms with van der Waals surface area (Å²) in [5.41, 5.74) is 1.44. The Morgan fingerprint density at radius 1 is 0.667 bits per heavy atom. The van der Waals surface area contributed by atoms with Crippen molar-refractivity contribution in [2.24, 2.45) is 0 Å². The van der Waals surface area contributed by atoms with Crippen molar-refractivity contribution in [1.29, 1.82) is 0 Å². The van der Waals surface area contributed by atoms with Gasteiger partial charge in [0.25, 0.3) is 0 Å². The number of likely N-dealkylation sites (N-methyl/N-ethyl adjacent to an activating group) is 2. The van der Waals surface area contributed by atoms with E-state index in [1.54, 1.807) is 23.9 Å². The molecule has 431 valence electrons. The fourth-order valence-electron chi connectivity index (χ4n) is 7.63. The Morgan fingerprint density at radius 2 is 1.08 bits per heavy atom. The molecule has 0 spiro atoms. The summed E-state index contributed by atoms with van der Waals surface area (Å²) in [6, 6.07) is 16.4. The van der Waals surface area contributed by atoms with E-state index >= 15 is 0 Å². The third-order valence-electron chi connectivity index (χ3n) is 11.3. The summed E-state index contributed by atoms with van der Waals surface area (Å²) in [7, 11) is 7.57. The van der Waals surface area contributed by atoms with Gasteiger partial charge in [-0.25, -0.2) is 29.0 Å². The second-order valence-corrected chi connectivity index (χ2v) is 20.8. The normalized spacial score (nSPS) is 19.3. The molecule has 4 saturated heterocycles. The Labute approximate surface area is 498 Å². The first-order valence-electron chi connectivity index (χ1n) is 25.0. The molecule has 4 fully saturated rings. The molecule has 0 bridgehead atoms. The van der Waals surface area contributed by atoms with Gasteiger partial charge in [-0.15, -0.1) is 12.4 Å². The van der Waals surface area contributed by atoms with E-state index in [1.807, 2.05) is 90.1 Å². The number of nitrogens with zero attached hydrogens (tertiary/aromatic N) is 3. The van der Waals surface area contributed by atoms with Crippen LogP contribution in [0.2, 0.25) is 10.0 Å². The van der Waals surface area contributed by atoms with Crippen molar-refractivity contribution in [3.63, 3.8) is 0 Å². The average molecular weight is 1170 g/mol.